The van der Waals surface area contributed by atoms with Gasteiger partial charge in [0.05, 0.1) is 12.2 Å². The Morgan fingerprint density at radius 3 is 2.90 bits per heavy atom. The van der Waals surface area contributed by atoms with E-state index in [2.05, 4.69) is 47.6 Å². The summed E-state index contributed by atoms with van der Waals surface area (Å²) in [5.41, 5.74) is 2.23. The number of nitrogens with one attached hydrogen (secondary N) is 1. The number of nitrogens with zero attached hydrogens (tertiary/aromatic N) is 5. The number of methoxy groups -OCH3 is 1. The van der Waals surface area contributed by atoms with Crippen molar-refractivity contribution in [3.63, 3.8) is 0 Å². The van der Waals surface area contributed by atoms with Crippen molar-refractivity contribution in [2.24, 2.45) is 4.99 Å². The van der Waals surface area contributed by atoms with Crippen LogP contribution < -0.4 is 10.2 Å². The number of hydrogen-bond acceptors (Lipinski definition) is 6. The van der Waals surface area contributed by atoms with E-state index in [0.29, 0.717) is 13.1 Å². The van der Waals surface area contributed by atoms with E-state index < -0.39 is 0 Å². The molecule has 8 heteroatoms. The summed E-state index contributed by atoms with van der Waals surface area (Å²) < 4.78 is 5.35. The summed E-state index contributed by atoms with van der Waals surface area (Å²) >= 11 is 1.63. The number of guanidine groups is 1. The molecule has 0 aromatic carbocycles. The zero-order valence-corrected chi connectivity index (χ0v) is 18.7. The van der Waals surface area contributed by atoms with Crippen LogP contribution in [-0.4, -0.2) is 55.1 Å². The van der Waals surface area contributed by atoms with E-state index in [4.69, 9.17) is 4.74 Å². The van der Waals surface area contributed by atoms with Crippen LogP contribution in [0.1, 0.15) is 48.6 Å². The van der Waals surface area contributed by atoms with E-state index in [0.717, 1.165) is 35.6 Å². The third kappa shape index (κ3) is 5.90. The number of anilines is 1. The summed E-state index contributed by atoms with van der Waals surface area (Å²) in [5.74, 6) is 1.92. The van der Waals surface area contributed by atoms with Gasteiger partial charge in [-0.2, -0.15) is 0 Å². The lowest BCUT2D eigenvalue weighted by Gasteiger charge is -2.28. The Kier molecular flexibility index (Phi) is 7.83. The molecule has 0 aliphatic carbocycles. The molecule has 0 bridgehead atoms. The Bertz CT molecular complexity index is 802. The van der Waals surface area contributed by atoms with Crippen molar-refractivity contribution in [1.82, 2.24) is 20.2 Å². The largest absolute Gasteiger partial charge is 0.375 e. The van der Waals surface area contributed by atoms with E-state index in [1.54, 1.807) is 18.4 Å². The first-order valence-electron chi connectivity index (χ1n) is 10.2. The lowest BCUT2D eigenvalue weighted by Crippen LogP contribution is -2.38. The van der Waals surface area contributed by atoms with Gasteiger partial charge in [-0.15, -0.1) is 11.3 Å². The van der Waals surface area contributed by atoms with Crippen LogP contribution in [0.4, 0.5) is 5.82 Å². The van der Waals surface area contributed by atoms with E-state index in [1.807, 2.05) is 27.2 Å². The first-order valence-corrected chi connectivity index (χ1v) is 11.1. The van der Waals surface area contributed by atoms with E-state index >= 15 is 0 Å². The van der Waals surface area contributed by atoms with Gasteiger partial charge in [0.2, 0.25) is 0 Å². The lowest BCUT2D eigenvalue weighted by atomic mass is 10.1. The third-order valence-corrected chi connectivity index (χ3v) is 6.24. The monoisotopic (exact) mass is 416 g/mol. The Labute approximate surface area is 177 Å². The lowest BCUT2D eigenvalue weighted by molar-refractivity contribution is 0.119. The zero-order valence-electron chi connectivity index (χ0n) is 17.9. The quantitative estimate of drug-likeness (QED) is 0.551. The van der Waals surface area contributed by atoms with E-state index in [1.165, 1.54) is 24.8 Å². The average Bonchev–Trinajstić information content (AvgIpc) is 3.23. The Balaban J connectivity index is 1.56. The van der Waals surface area contributed by atoms with Crippen LogP contribution in [0.3, 0.4) is 0 Å². The molecule has 7 nitrogen and oxygen atoms in total. The van der Waals surface area contributed by atoms with Gasteiger partial charge in [-0.1, -0.05) is 0 Å². The van der Waals surface area contributed by atoms with Crippen LogP contribution in [0.25, 0.3) is 0 Å². The van der Waals surface area contributed by atoms with Crippen molar-refractivity contribution < 1.29 is 4.74 Å². The Morgan fingerprint density at radius 2 is 2.17 bits per heavy atom. The molecule has 0 radical (unpaired) electrons. The molecule has 0 saturated carbocycles. The predicted octanol–water partition coefficient (Wildman–Crippen LogP) is 3.44. The second-order valence-corrected chi connectivity index (χ2v) is 8.27. The summed E-state index contributed by atoms with van der Waals surface area (Å²) in [5, 5.41) is 6.54. The fourth-order valence-electron chi connectivity index (χ4n) is 3.43. The maximum atomic E-state index is 5.35. The zero-order chi connectivity index (χ0) is 20.6. The molecule has 0 amide bonds. The summed E-state index contributed by atoms with van der Waals surface area (Å²) in [7, 11) is 5.54. The molecule has 1 fully saturated rings. The highest BCUT2D eigenvalue weighted by Crippen LogP contribution is 2.21. The molecular weight excluding hydrogens is 384 g/mol. The highest BCUT2D eigenvalue weighted by Gasteiger charge is 2.14. The van der Waals surface area contributed by atoms with E-state index in [9.17, 15) is 0 Å². The number of pyridine rings is 1. The van der Waals surface area contributed by atoms with Crippen molar-refractivity contribution in [3.8, 4) is 0 Å². The molecule has 3 rings (SSSR count). The van der Waals surface area contributed by atoms with Crippen molar-refractivity contribution in [2.45, 2.75) is 45.4 Å². The molecule has 2 aromatic rings. The number of thiazole rings is 1. The first-order chi connectivity index (χ1) is 14.1. The maximum absolute atomic E-state index is 5.35. The molecule has 0 spiro atoms. The average molecular weight is 417 g/mol. The minimum Gasteiger partial charge on any atom is -0.375 e. The minimum absolute atomic E-state index is 0.0253. The predicted molar refractivity (Wildman–Crippen MR) is 120 cm³/mol. The highest BCUT2D eigenvalue weighted by molar-refractivity contribution is 7.09. The van der Waals surface area contributed by atoms with Crippen molar-refractivity contribution in [1.29, 1.82) is 0 Å². The highest BCUT2D eigenvalue weighted by atomic mass is 32.1. The fraction of sp³-hybridized carbons (Fsp3) is 0.571. The smallest absolute Gasteiger partial charge is 0.194 e. The molecule has 1 N–H and O–H groups in total. The van der Waals surface area contributed by atoms with E-state index in [-0.39, 0.29) is 6.10 Å². The topological polar surface area (TPSA) is 65.9 Å². The summed E-state index contributed by atoms with van der Waals surface area (Å²) in [6, 6.07) is 4.25. The number of hydrogen-bond donors (Lipinski definition) is 1. The molecule has 158 valence electrons. The molecule has 29 heavy (non-hydrogen) atoms. The second kappa shape index (κ2) is 10.5. The second-order valence-electron chi connectivity index (χ2n) is 7.38. The van der Waals surface area contributed by atoms with Crippen molar-refractivity contribution in [3.05, 3.63) is 40.0 Å². The van der Waals surface area contributed by atoms with Crippen molar-refractivity contribution >= 4 is 23.1 Å². The summed E-state index contributed by atoms with van der Waals surface area (Å²) in [6.45, 7) is 5.63. The molecule has 3 heterocycles. The first kappa shape index (κ1) is 21.5. The molecule has 1 aliphatic rings. The summed E-state index contributed by atoms with van der Waals surface area (Å²) in [4.78, 5) is 18.1. The Morgan fingerprint density at radius 1 is 1.38 bits per heavy atom. The van der Waals surface area contributed by atoms with Crippen molar-refractivity contribution in [2.75, 3.05) is 39.2 Å². The van der Waals surface area contributed by atoms with Gasteiger partial charge in [0.1, 0.15) is 16.9 Å². The molecule has 1 saturated heterocycles. The normalized spacial score (nSPS) is 16.0. The molecular formula is C21H32N6OS. The molecule has 2 aromatic heterocycles. The number of piperidine rings is 1. The SMILES string of the molecule is CN=C(NCc1ccnc(N2CCCCC2)c1)N(C)Cc1csc(C(C)OC)n1. The molecule has 1 aliphatic heterocycles. The third-order valence-electron chi connectivity index (χ3n) is 5.18. The summed E-state index contributed by atoms with van der Waals surface area (Å²) in [6.07, 6.45) is 5.76. The number of rotatable bonds is 7. The van der Waals surface area contributed by atoms with Gasteiger partial charge in [-0.05, 0) is 43.9 Å². The van der Waals surface area contributed by atoms with Crippen LogP contribution >= 0.6 is 11.3 Å². The van der Waals surface area contributed by atoms with Crippen LogP contribution in [0.15, 0.2) is 28.7 Å². The van der Waals surface area contributed by atoms with Gasteiger partial charge in [0.15, 0.2) is 5.96 Å². The van der Waals surface area contributed by atoms with Crippen LogP contribution in [-0.2, 0) is 17.8 Å². The Hall–Kier alpha value is -2.19. The number of aromatic nitrogens is 2. The number of aliphatic imine (C=N–C) groups is 1. The fourth-order valence-corrected chi connectivity index (χ4v) is 4.27. The maximum Gasteiger partial charge on any atom is 0.194 e. The number of ether oxygens (including phenoxy) is 1. The molecule has 1 atom stereocenters. The van der Waals surface area contributed by atoms with Gasteiger partial charge in [0.25, 0.3) is 0 Å². The minimum atomic E-state index is 0.0253. The van der Waals surface area contributed by atoms with Gasteiger partial charge >= 0.3 is 0 Å². The van der Waals surface area contributed by atoms with Gasteiger partial charge in [-0.3, -0.25) is 4.99 Å². The molecule has 1 unspecified atom stereocenters. The van der Waals surface area contributed by atoms with Gasteiger partial charge in [0, 0.05) is 52.4 Å². The van der Waals surface area contributed by atoms with Crippen LogP contribution in [0.2, 0.25) is 0 Å². The van der Waals surface area contributed by atoms with Crippen LogP contribution in [0, 0.1) is 0 Å². The van der Waals surface area contributed by atoms with Crippen LogP contribution in [0.5, 0.6) is 0 Å². The standard InChI is InChI=1S/C21H32N6OS/c1-16(28-4)20-25-18(15-29-20)14-26(3)21(22-2)24-13-17-8-9-23-19(12-17)27-10-6-5-7-11-27/h8-9,12,15-16H,5-7,10-11,13-14H2,1-4H3,(H,22,24). The van der Waals surface area contributed by atoms with Gasteiger partial charge in [-0.25, -0.2) is 9.97 Å². The van der Waals surface area contributed by atoms with Gasteiger partial charge < -0.3 is 19.9 Å².